The minimum Gasteiger partial charge on any atom is -0.337 e. The van der Waals surface area contributed by atoms with Gasteiger partial charge in [0.2, 0.25) is 0 Å². The molecule has 0 radical (unpaired) electrons. The number of hydrogen-bond acceptors (Lipinski definition) is 5. The van der Waals surface area contributed by atoms with Crippen LogP contribution in [0.5, 0.6) is 0 Å². The van der Waals surface area contributed by atoms with Gasteiger partial charge in [0.05, 0.1) is 11.1 Å². The fourth-order valence-electron chi connectivity index (χ4n) is 3.06. The van der Waals surface area contributed by atoms with Crippen LogP contribution in [0.4, 0.5) is 0 Å². The highest BCUT2D eigenvalue weighted by molar-refractivity contribution is 6.00. The van der Waals surface area contributed by atoms with Crippen LogP contribution in [0.1, 0.15) is 49.8 Å². The molecule has 1 saturated heterocycles. The van der Waals surface area contributed by atoms with Crippen molar-refractivity contribution in [1.82, 2.24) is 20.4 Å². The second-order valence-corrected chi connectivity index (χ2v) is 7.60. The average Bonchev–Trinajstić information content (AvgIpc) is 3.11. The highest BCUT2D eigenvalue weighted by Crippen LogP contribution is 2.27. The third kappa shape index (κ3) is 4.24. The van der Waals surface area contributed by atoms with Crippen LogP contribution >= 0.6 is 12.4 Å². The summed E-state index contributed by atoms with van der Waals surface area (Å²) in [5.74, 6) is 1.06. The van der Waals surface area contributed by atoms with Crippen molar-refractivity contribution in [2.45, 2.75) is 45.1 Å². The molecule has 6 nitrogen and oxygen atoms in total. The molecule has 1 N–H and O–H groups in total. The minimum absolute atomic E-state index is 0. The molecule has 1 aromatic heterocycles. The van der Waals surface area contributed by atoms with E-state index >= 15 is 0 Å². The van der Waals surface area contributed by atoms with Crippen LogP contribution in [0.2, 0.25) is 0 Å². The first-order valence-electron chi connectivity index (χ1n) is 8.80. The summed E-state index contributed by atoms with van der Waals surface area (Å²) >= 11 is 0. The van der Waals surface area contributed by atoms with Gasteiger partial charge in [-0.15, -0.1) is 12.4 Å². The number of aromatic nitrogens is 2. The fourth-order valence-corrected chi connectivity index (χ4v) is 3.06. The molecule has 1 fully saturated rings. The molecule has 26 heavy (non-hydrogen) atoms. The van der Waals surface area contributed by atoms with E-state index in [4.69, 9.17) is 4.52 Å². The largest absolute Gasteiger partial charge is 0.337 e. The molecule has 2 heterocycles. The van der Waals surface area contributed by atoms with Gasteiger partial charge in [-0.25, -0.2) is 0 Å². The Hall–Kier alpha value is -1.92. The SMILES string of the molecule is CNC1CCCN(C(=O)c2ccccc2-c2nc(C(C)(C)C)no2)C1.Cl. The van der Waals surface area contributed by atoms with E-state index in [0.29, 0.717) is 28.9 Å². The topological polar surface area (TPSA) is 71.3 Å². The van der Waals surface area contributed by atoms with E-state index in [1.807, 2.05) is 57.0 Å². The number of carbonyl (C=O) groups excluding carboxylic acids is 1. The minimum atomic E-state index is -0.201. The molecule has 1 aliphatic heterocycles. The lowest BCUT2D eigenvalue weighted by molar-refractivity contribution is 0.0698. The summed E-state index contributed by atoms with van der Waals surface area (Å²) in [5.41, 5.74) is 1.11. The lowest BCUT2D eigenvalue weighted by atomic mass is 9.96. The number of likely N-dealkylation sites (tertiary alicyclic amines) is 1. The third-order valence-corrected chi connectivity index (χ3v) is 4.60. The summed E-state index contributed by atoms with van der Waals surface area (Å²) in [6.45, 7) is 7.60. The van der Waals surface area contributed by atoms with Gasteiger partial charge in [0, 0.05) is 24.5 Å². The zero-order valence-corrected chi connectivity index (χ0v) is 16.6. The molecule has 7 heteroatoms. The zero-order valence-electron chi connectivity index (χ0n) is 15.8. The molecule has 3 rings (SSSR count). The number of nitrogens with one attached hydrogen (secondary N) is 1. The highest BCUT2D eigenvalue weighted by Gasteiger charge is 2.27. The van der Waals surface area contributed by atoms with Gasteiger partial charge in [-0.1, -0.05) is 38.1 Å². The Labute approximate surface area is 160 Å². The van der Waals surface area contributed by atoms with Gasteiger partial charge >= 0.3 is 0 Å². The number of benzene rings is 1. The smallest absolute Gasteiger partial charge is 0.258 e. The molecular formula is C19H27ClN4O2. The molecule has 1 aliphatic rings. The number of nitrogens with zero attached hydrogens (tertiary/aromatic N) is 3. The van der Waals surface area contributed by atoms with Crippen LogP contribution in [-0.2, 0) is 5.41 Å². The Kier molecular flexibility index (Phi) is 6.42. The van der Waals surface area contributed by atoms with E-state index in [1.165, 1.54) is 0 Å². The summed E-state index contributed by atoms with van der Waals surface area (Å²) in [6.07, 6.45) is 2.11. The molecule has 2 aromatic rings. The first-order valence-corrected chi connectivity index (χ1v) is 8.80. The van der Waals surface area contributed by atoms with Gasteiger partial charge in [-0.2, -0.15) is 4.98 Å². The van der Waals surface area contributed by atoms with Gasteiger partial charge in [-0.3, -0.25) is 4.79 Å². The number of amides is 1. The number of hydrogen-bond donors (Lipinski definition) is 1. The van der Waals surface area contributed by atoms with Crippen molar-refractivity contribution in [1.29, 1.82) is 0 Å². The Morgan fingerprint density at radius 3 is 2.69 bits per heavy atom. The summed E-state index contributed by atoms with van der Waals surface area (Å²) < 4.78 is 5.45. The van der Waals surface area contributed by atoms with Crippen molar-refractivity contribution in [3.05, 3.63) is 35.7 Å². The van der Waals surface area contributed by atoms with E-state index in [0.717, 1.165) is 25.9 Å². The monoisotopic (exact) mass is 378 g/mol. The summed E-state index contributed by atoms with van der Waals surface area (Å²) in [4.78, 5) is 19.5. The summed E-state index contributed by atoms with van der Waals surface area (Å²) in [6, 6.07) is 7.81. The molecule has 142 valence electrons. The van der Waals surface area contributed by atoms with Crippen molar-refractivity contribution in [3.63, 3.8) is 0 Å². The Morgan fingerprint density at radius 1 is 1.31 bits per heavy atom. The molecule has 1 aromatic carbocycles. The van der Waals surface area contributed by atoms with Crippen LogP contribution in [-0.4, -0.2) is 47.1 Å². The maximum absolute atomic E-state index is 13.1. The number of carbonyl (C=O) groups is 1. The number of halogens is 1. The molecule has 0 bridgehead atoms. The maximum atomic E-state index is 13.1. The van der Waals surface area contributed by atoms with Crippen LogP contribution in [0.25, 0.3) is 11.5 Å². The molecule has 1 unspecified atom stereocenters. The number of piperidine rings is 1. The van der Waals surface area contributed by atoms with E-state index in [-0.39, 0.29) is 23.7 Å². The Morgan fingerprint density at radius 2 is 2.04 bits per heavy atom. The van der Waals surface area contributed by atoms with Gasteiger partial charge in [0.15, 0.2) is 5.82 Å². The molecule has 1 atom stereocenters. The van der Waals surface area contributed by atoms with Gasteiger partial charge in [0.25, 0.3) is 11.8 Å². The number of likely N-dealkylation sites (N-methyl/N-ethyl adjacent to an activating group) is 1. The standard InChI is InChI=1S/C19H26N4O2.ClH/c1-19(2,3)18-21-16(25-22-18)14-9-5-6-10-15(14)17(24)23-11-7-8-13(12-23)20-4;/h5-6,9-10,13,20H,7-8,11-12H2,1-4H3;1H. The normalized spacial score (nSPS) is 17.7. The Bertz CT molecular complexity index is 754. The summed E-state index contributed by atoms with van der Waals surface area (Å²) in [5, 5.41) is 7.35. The third-order valence-electron chi connectivity index (χ3n) is 4.60. The van der Waals surface area contributed by atoms with Crippen molar-refractivity contribution in [2.24, 2.45) is 0 Å². The van der Waals surface area contributed by atoms with Crippen molar-refractivity contribution in [2.75, 3.05) is 20.1 Å². The molecule has 0 saturated carbocycles. The van der Waals surface area contributed by atoms with Gasteiger partial charge < -0.3 is 14.7 Å². The lowest BCUT2D eigenvalue weighted by Crippen LogP contribution is -2.47. The molecule has 0 spiro atoms. The Balaban J connectivity index is 0.00000243. The second-order valence-electron chi connectivity index (χ2n) is 7.60. The first kappa shape index (κ1) is 20.4. The van der Waals surface area contributed by atoms with E-state index < -0.39 is 0 Å². The van der Waals surface area contributed by atoms with Crippen molar-refractivity contribution < 1.29 is 9.32 Å². The van der Waals surface area contributed by atoms with Gasteiger partial charge in [0.1, 0.15) is 0 Å². The van der Waals surface area contributed by atoms with Gasteiger partial charge in [-0.05, 0) is 32.0 Å². The maximum Gasteiger partial charge on any atom is 0.258 e. The van der Waals surface area contributed by atoms with Crippen LogP contribution in [0.15, 0.2) is 28.8 Å². The molecule has 0 aliphatic carbocycles. The summed E-state index contributed by atoms with van der Waals surface area (Å²) in [7, 11) is 1.94. The molecule has 1 amide bonds. The highest BCUT2D eigenvalue weighted by atomic mass is 35.5. The second kappa shape index (κ2) is 8.18. The fraction of sp³-hybridized carbons (Fsp3) is 0.526. The predicted octanol–water partition coefficient (Wildman–Crippen LogP) is 3.28. The van der Waals surface area contributed by atoms with Crippen molar-refractivity contribution in [3.8, 4) is 11.5 Å². The van der Waals surface area contributed by atoms with E-state index in [2.05, 4.69) is 15.5 Å². The number of rotatable bonds is 3. The zero-order chi connectivity index (χ0) is 18.0. The van der Waals surface area contributed by atoms with Crippen LogP contribution < -0.4 is 5.32 Å². The predicted molar refractivity (Wildman–Crippen MR) is 104 cm³/mol. The quantitative estimate of drug-likeness (QED) is 0.887. The van der Waals surface area contributed by atoms with Crippen LogP contribution in [0, 0.1) is 0 Å². The van der Waals surface area contributed by atoms with Crippen LogP contribution in [0.3, 0.4) is 0 Å². The molecular weight excluding hydrogens is 352 g/mol. The van der Waals surface area contributed by atoms with E-state index in [9.17, 15) is 4.79 Å². The van der Waals surface area contributed by atoms with Crippen molar-refractivity contribution >= 4 is 18.3 Å². The first-order chi connectivity index (χ1) is 11.9. The average molecular weight is 379 g/mol. The lowest BCUT2D eigenvalue weighted by Gasteiger charge is -2.32. The van der Waals surface area contributed by atoms with E-state index in [1.54, 1.807) is 0 Å².